The third kappa shape index (κ3) is 3.03. The number of rotatable bonds is 3. The van der Waals surface area contributed by atoms with Gasteiger partial charge in [-0.25, -0.2) is 9.37 Å². The smallest absolute Gasteiger partial charge is 0.244 e. The van der Waals surface area contributed by atoms with Gasteiger partial charge in [-0.3, -0.25) is 9.48 Å². The molecule has 2 aromatic heterocycles. The van der Waals surface area contributed by atoms with Crippen LogP contribution in [0.4, 0.5) is 4.39 Å². The summed E-state index contributed by atoms with van der Waals surface area (Å²) in [5.41, 5.74) is 4.09. The van der Waals surface area contributed by atoms with Gasteiger partial charge in [0.2, 0.25) is 5.91 Å². The zero-order valence-electron chi connectivity index (χ0n) is 14.9. The molecule has 3 heterocycles. The highest BCUT2D eigenvalue weighted by atomic mass is 32.1. The number of aryl methyl sites for hydroxylation is 3. The number of nitrogens with zero attached hydrogens (tertiary/aromatic N) is 4. The van der Waals surface area contributed by atoms with Crippen molar-refractivity contribution < 1.29 is 9.18 Å². The van der Waals surface area contributed by atoms with Crippen LogP contribution >= 0.6 is 11.3 Å². The summed E-state index contributed by atoms with van der Waals surface area (Å²) >= 11 is 1.65. The second-order valence-corrected chi connectivity index (χ2v) is 7.93. The van der Waals surface area contributed by atoms with Crippen molar-refractivity contribution in [3.05, 3.63) is 56.9 Å². The molecule has 1 aromatic carbocycles. The van der Waals surface area contributed by atoms with Crippen LogP contribution in [0, 0.1) is 26.6 Å². The van der Waals surface area contributed by atoms with E-state index in [4.69, 9.17) is 0 Å². The molecule has 134 valence electrons. The van der Waals surface area contributed by atoms with Crippen LogP contribution in [0.25, 0.3) is 11.3 Å². The molecule has 0 saturated heterocycles. The highest BCUT2D eigenvalue weighted by Gasteiger charge is 2.27. The van der Waals surface area contributed by atoms with Crippen LogP contribution in [0.15, 0.2) is 24.3 Å². The molecule has 1 aliphatic heterocycles. The zero-order valence-corrected chi connectivity index (χ0v) is 15.7. The predicted molar refractivity (Wildman–Crippen MR) is 98.2 cm³/mol. The number of aromatic nitrogens is 3. The molecule has 0 bridgehead atoms. The van der Waals surface area contributed by atoms with Gasteiger partial charge in [0.1, 0.15) is 12.4 Å². The lowest BCUT2D eigenvalue weighted by molar-refractivity contribution is -0.132. The van der Waals surface area contributed by atoms with Crippen molar-refractivity contribution in [2.24, 2.45) is 0 Å². The molecule has 3 aromatic rings. The fraction of sp³-hybridized carbons (Fsp3) is 0.316. The molecular weight excluding hydrogens is 351 g/mol. The summed E-state index contributed by atoms with van der Waals surface area (Å²) in [4.78, 5) is 20.1. The number of fused-ring (bicyclic) bond motifs is 1. The molecule has 0 saturated carbocycles. The fourth-order valence-corrected chi connectivity index (χ4v) is 4.15. The molecule has 7 heteroatoms. The van der Waals surface area contributed by atoms with E-state index in [0.29, 0.717) is 18.7 Å². The lowest BCUT2D eigenvalue weighted by atomic mass is 10.1. The van der Waals surface area contributed by atoms with Crippen LogP contribution in [-0.4, -0.2) is 25.6 Å². The molecule has 0 N–H and O–H groups in total. The molecular formula is C19H19FN4OS. The first kappa shape index (κ1) is 16.9. The molecule has 0 spiro atoms. The minimum Gasteiger partial charge on any atom is -0.330 e. The molecule has 0 fully saturated rings. The third-order valence-electron chi connectivity index (χ3n) is 4.63. The zero-order chi connectivity index (χ0) is 18.4. The molecule has 4 rings (SSSR count). The summed E-state index contributed by atoms with van der Waals surface area (Å²) in [6.07, 6.45) is 0. The van der Waals surface area contributed by atoms with Crippen molar-refractivity contribution >= 4 is 17.2 Å². The largest absolute Gasteiger partial charge is 0.330 e. The van der Waals surface area contributed by atoms with Gasteiger partial charge in [-0.15, -0.1) is 11.3 Å². The van der Waals surface area contributed by atoms with Gasteiger partial charge in [-0.2, -0.15) is 5.10 Å². The van der Waals surface area contributed by atoms with Crippen molar-refractivity contribution in [1.29, 1.82) is 0 Å². The first-order chi connectivity index (χ1) is 12.4. The summed E-state index contributed by atoms with van der Waals surface area (Å²) < 4.78 is 15.2. The summed E-state index contributed by atoms with van der Waals surface area (Å²) in [6, 6.07) is 6.85. The Hall–Kier alpha value is -2.54. The van der Waals surface area contributed by atoms with Crippen molar-refractivity contribution in [2.45, 2.75) is 40.4 Å². The van der Waals surface area contributed by atoms with E-state index in [1.807, 2.05) is 24.8 Å². The quantitative estimate of drug-likeness (QED) is 0.708. The Morgan fingerprint density at radius 3 is 2.77 bits per heavy atom. The van der Waals surface area contributed by atoms with Gasteiger partial charge in [0.05, 0.1) is 29.5 Å². The van der Waals surface area contributed by atoms with Gasteiger partial charge < -0.3 is 4.90 Å². The second-order valence-electron chi connectivity index (χ2n) is 6.65. The van der Waals surface area contributed by atoms with Crippen molar-refractivity contribution in [3.8, 4) is 11.3 Å². The Kier molecular flexibility index (Phi) is 4.11. The van der Waals surface area contributed by atoms with Gasteiger partial charge in [0.15, 0.2) is 0 Å². The molecule has 26 heavy (non-hydrogen) atoms. The van der Waals surface area contributed by atoms with Crippen LogP contribution in [-0.2, 0) is 24.4 Å². The summed E-state index contributed by atoms with van der Waals surface area (Å²) in [5, 5.41) is 5.59. The molecule has 1 aliphatic rings. The maximum atomic E-state index is 13.5. The van der Waals surface area contributed by atoms with Crippen molar-refractivity contribution in [1.82, 2.24) is 19.7 Å². The van der Waals surface area contributed by atoms with E-state index in [1.54, 1.807) is 35.1 Å². The highest BCUT2D eigenvalue weighted by Crippen LogP contribution is 2.28. The van der Waals surface area contributed by atoms with Crippen LogP contribution in [0.3, 0.4) is 0 Å². The monoisotopic (exact) mass is 370 g/mol. The summed E-state index contributed by atoms with van der Waals surface area (Å²) in [6.45, 7) is 7.04. The van der Waals surface area contributed by atoms with Crippen LogP contribution < -0.4 is 0 Å². The standard InChI is InChI=1S/C19H19FN4OS/c1-11-6-14(4-5-15(11)20)16-7-12(2)24(22-16)10-19(25)23-8-17-18(9-23)26-13(3)21-17/h4-7H,8-10H2,1-3H3. The first-order valence-corrected chi connectivity index (χ1v) is 9.26. The molecule has 0 unspecified atom stereocenters. The average molecular weight is 370 g/mol. The number of carbonyl (C=O) groups excluding carboxylic acids is 1. The number of benzene rings is 1. The number of hydrogen-bond donors (Lipinski definition) is 0. The highest BCUT2D eigenvalue weighted by molar-refractivity contribution is 7.11. The SMILES string of the molecule is Cc1nc2c(s1)CN(C(=O)Cn1nc(-c3ccc(F)c(C)c3)cc1C)C2. The maximum Gasteiger partial charge on any atom is 0.244 e. The minimum atomic E-state index is -0.231. The maximum absolute atomic E-state index is 13.5. The lowest BCUT2D eigenvalue weighted by Crippen LogP contribution is -2.30. The number of thiazole rings is 1. The number of halogens is 1. The molecule has 1 amide bonds. The van der Waals surface area contributed by atoms with Gasteiger partial charge in [0, 0.05) is 16.1 Å². The van der Waals surface area contributed by atoms with Gasteiger partial charge in [-0.1, -0.05) is 0 Å². The number of hydrogen-bond acceptors (Lipinski definition) is 4. The number of amides is 1. The third-order valence-corrected chi connectivity index (χ3v) is 5.63. The van der Waals surface area contributed by atoms with E-state index < -0.39 is 0 Å². The molecule has 5 nitrogen and oxygen atoms in total. The van der Waals surface area contributed by atoms with E-state index in [1.165, 1.54) is 10.9 Å². The predicted octanol–water partition coefficient (Wildman–Crippen LogP) is 3.61. The van der Waals surface area contributed by atoms with E-state index in [-0.39, 0.29) is 18.3 Å². The second kappa shape index (κ2) is 6.32. The normalized spacial score (nSPS) is 13.3. The Morgan fingerprint density at radius 1 is 1.23 bits per heavy atom. The number of carbonyl (C=O) groups is 1. The van der Waals surface area contributed by atoms with Crippen LogP contribution in [0.2, 0.25) is 0 Å². The van der Waals surface area contributed by atoms with Crippen LogP contribution in [0.5, 0.6) is 0 Å². The van der Waals surface area contributed by atoms with E-state index >= 15 is 0 Å². The first-order valence-electron chi connectivity index (χ1n) is 8.44. The lowest BCUT2D eigenvalue weighted by Gasteiger charge is -2.15. The van der Waals surface area contributed by atoms with E-state index in [2.05, 4.69) is 10.1 Å². The van der Waals surface area contributed by atoms with Crippen molar-refractivity contribution in [3.63, 3.8) is 0 Å². The molecule has 0 radical (unpaired) electrons. The Labute approximate surface area is 155 Å². The topological polar surface area (TPSA) is 51.0 Å². The summed E-state index contributed by atoms with van der Waals surface area (Å²) in [5.74, 6) is -0.202. The van der Waals surface area contributed by atoms with Gasteiger partial charge in [-0.05, 0) is 50.6 Å². The molecule has 0 aliphatic carbocycles. The van der Waals surface area contributed by atoms with E-state index in [0.717, 1.165) is 27.7 Å². The fourth-order valence-electron chi connectivity index (χ4n) is 3.19. The van der Waals surface area contributed by atoms with Gasteiger partial charge >= 0.3 is 0 Å². The summed E-state index contributed by atoms with van der Waals surface area (Å²) in [7, 11) is 0. The van der Waals surface area contributed by atoms with Crippen molar-refractivity contribution in [2.75, 3.05) is 0 Å². The van der Waals surface area contributed by atoms with Crippen LogP contribution in [0.1, 0.15) is 26.8 Å². The minimum absolute atomic E-state index is 0.0286. The van der Waals surface area contributed by atoms with Gasteiger partial charge in [0.25, 0.3) is 0 Å². The Morgan fingerprint density at radius 2 is 2.04 bits per heavy atom. The Balaban J connectivity index is 1.50. The van der Waals surface area contributed by atoms with E-state index in [9.17, 15) is 9.18 Å². The Bertz CT molecular complexity index is 984. The average Bonchev–Trinajstić information content (AvgIpc) is 3.23. The molecule has 0 atom stereocenters.